The molecule has 0 saturated carbocycles. The molecule has 0 radical (unpaired) electrons. The van der Waals surface area contributed by atoms with Crippen LogP contribution in [0.1, 0.15) is 0 Å². The Hall–Kier alpha value is -7.63. The van der Waals surface area contributed by atoms with E-state index >= 15 is 0 Å². The number of hydrogen-bond donors (Lipinski definition) is 0. The monoisotopic (exact) mass is 716 g/mol. The first-order chi connectivity index (χ1) is 27.7. The molecule has 0 atom stereocenters. The van der Waals surface area contributed by atoms with Crippen molar-refractivity contribution in [2.45, 2.75) is 0 Å². The number of benzene rings is 8. The number of nitrogens with zero attached hydrogens (tertiary/aromatic N) is 4. The average Bonchev–Trinajstić information content (AvgIpc) is 3.81. The third-order valence-corrected chi connectivity index (χ3v) is 10.7. The zero-order valence-electron chi connectivity index (χ0n) is 30.2. The highest BCUT2D eigenvalue weighted by molar-refractivity contribution is 6.18. The fourth-order valence-electron chi connectivity index (χ4n) is 7.95. The minimum Gasteiger partial charge on any atom is -0.455 e. The second-order valence-corrected chi connectivity index (χ2v) is 14.0. The van der Waals surface area contributed by atoms with E-state index in [0.29, 0.717) is 17.5 Å². The molecule has 262 valence electrons. The van der Waals surface area contributed by atoms with Gasteiger partial charge in [0.1, 0.15) is 11.2 Å². The van der Waals surface area contributed by atoms with Gasteiger partial charge < -0.3 is 8.98 Å². The van der Waals surface area contributed by atoms with Gasteiger partial charge in [0.2, 0.25) is 0 Å². The van der Waals surface area contributed by atoms with Gasteiger partial charge in [-0.15, -0.1) is 0 Å². The first-order valence-corrected chi connectivity index (χ1v) is 18.8. The number of rotatable bonds is 6. The topological polar surface area (TPSA) is 56.7 Å². The number of fused-ring (bicyclic) bond motifs is 6. The largest absolute Gasteiger partial charge is 0.455 e. The first-order valence-electron chi connectivity index (χ1n) is 18.8. The maximum atomic E-state index is 6.83. The molecular formula is C51H32N4O. The van der Waals surface area contributed by atoms with Gasteiger partial charge in [0.15, 0.2) is 17.5 Å². The van der Waals surface area contributed by atoms with Crippen LogP contribution in [0.25, 0.3) is 106 Å². The van der Waals surface area contributed by atoms with Crippen molar-refractivity contribution in [1.82, 2.24) is 19.5 Å². The molecule has 11 aromatic rings. The highest BCUT2D eigenvalue weighted by Crippen LogP contribution is 2.41. The molecule has 8 aromatic carbocycles. The summed E-state index contributed by atoms with van der Waals surface area (Å²) in [4.78, 5) is 15.2. The molecule has 0 N–H and O–H groups in total. The van der Waals surface area contributed by atoms with Gasteiger partial charge in [0.05, 0.1) is 16.6 Å². The molecule has 0 fully saturated rings. The van der Waals surface area contributed by atoms with E-state index in [1.807, 2.05) is 42.5 Å². The van der Waals surface area contributed by atoms with Crippen molar-refractivity contribution in [3.8, 4) is 62.1 Å². The summed E-state index contributed by atoms with van der Waals surface area (Å²) < 4.78 is 9.20. The third kappa shape index (κ3) is 5.37. The predicted molar refractivity (Wildman–Crippen MR) is 229 cm³/mol. The van der Waals surface area contributed by atoms with Crippen LogP contribution in [0.4, 0.5) is 0 Å². The maximum Gasteiger partial charge on any atom is 0.167 e. The van der Waals surface area contributed by atoms with Gasteiger partial charge in [-0.1, -0.05) is 158 Å². The van der Waals surface area contributed by atoms with E-state index < -0.39 is 0 Å². The standard InChI is InChI=1S/C51H32N4O/c1-4-14-33(15-5-1)35-26-28-37(29-27-35)50-52-49(36-18-8-3-9-19-36)53-51(54-50)42-24-13-23-41-44-31-46-43(32-47(44)56-48(41)42)40-22-10-11-25-45(40)55(46)39-21-12-20-38(30-39)34-16-6-2-7-17-34/h1-32H. The number of aromatic nitrogens is 4. The molecule has 0 aliphatic carbocycles. The Bertz CT molecular complexity index is 3220. The van der Waals surface area contributed by atoms with Crippen LogP contribution in [0, 0.1) is 0 Å². The Labute approximate surface area is 322 Å². The fraction of sp³-hybridized carbons (Fsp3) is 0. The summed E-state index contributed by atoms with van der Waals surface area (Å²) in [5, 5.41) is 4.34. The summed E-state index contributed by atoms with van der Waals surface area (Å²) in [6.07, 6.45) is 0. The Morgan fingerprint density at radius 2 is 0.875 bits per heavy atom. The van der Waals surface area contributed by atoms with Gasteiger partial charge in [0.25, 0.3) is 0 Å². The molecule has 3 aromatic heterocycles. The van der Waals surface area contributed by atoms with E-state index in [4.69, 9.17) is 19.4 Å². The lowest BCUT2D eigenvalue weighted by atomic mass is 10.0. The van der Waals surface area contributed by atoms with Crippen LogP contribution in [0.15, 0.2) is 199 Å². The molecule has 5 nitrogen and oxygen atoms in total. The van der Waals surface area contributed by atoms with Crippen LogP contribution in [0.2, 0.25) is 0 Å². The van der Waals surface area contributed by atoms with Gasteiger partial charge in [-0.2, -0.15) is 0 Å². The zero-order chi connectivity index (χ0) is 37.0. The molecule has 0 spiro atoms. The van der Waals surface area contributed by atoms with Gasteiger partial charge in [-0.05, 0) is 58.7 Å². The van der Waals surface area contributed by atoms with Crippen LogP contribution in [-0.4, -0.2) is 19.5 Å². The number of furan rings is 1. The Balaban J connectivity index is 1.09. The number of hydrogen-bond acceptors (Lipinski definition) is 4. The van der Waals surface area contributed by atoms with Gasteiger partial charge in [0, 0.05) is 38.4 Å². The normalized spacial score (nSPS) is 11.6. The van der Waals surface area contributed by atoms with Gasteiger partial charge >= 0.3 is 0 Å². The lowest BCUT2D eigenvalue weighted by Gasteiger charge is -2.10. The quantitative estimate of drug-likeness (QED) is 0.172. The predicted octanol–water partition coefficient (Wildman–Crippen LogP) is 13.2. The highest BCUT2D eigenvalue weighted by atomic mass is 16.3. The van der Waals surface area contributed by atoms with E-state index in [0.717, 1.165) is 71.9 Å². The van der Waals surface area contributed by atoms with Gasteiger partial charge in [-0.25, -0.2) is 15.0 Å². The lowest BCUT2D eigenvalue weighted by Crippen LogP contribution is -2.00. The van der Waals surface area contributed by atoms with Crippen molar-refractivity contribution < 1.29 is 4.42 Å². The molecule has 5 heteroatoms. The fourth-order valence-corrected chi connectivity index (χ4v) is 7.95. The van der Waals surface area contributed by atoms with Crippen molar-refractivity contribution in [3.05, 3.63) is 194 Å². The van der Waals surface area contributed by atoms with Crippen LogP contribution >= 0.6 is 0 Å². The van der Waals surface area contributed by atoms with Crippen molar-refractivity contribution >= 4 is 43.7 Å². The SMILES string of the molecule is c1ccc(-c2ccc(-c3nc(-c4ccccc4)nc(-c4cccc5c4oc4cc6c7ccccc7n(-c7cccc(-c8ccccc8)c7)c6cc45)n3)cc2)cc1. The van der Waals surface area contributed by atoms with Crippen molar-refractivity contribution in [3.63, 3.8) is 0 Å². The molecule has 56 heavy (non-hydrogen) atoms. The molecule has 3 heterocycles. The van der Waals surface area contributed by atoms with E-state index in [1.165, 1.54) is 16.5 Å². The summed E-state index contributed by atoms with van der Waals surface area (Å²) in [5.41, 5.74) is 12.2. The summed E-state index contributed by atoms with van der Waals surface area (Å²) >= 11 is 0. The van der Waals surface area contributed by atoms with E-state index in [9.17, 15) is 0 Å². The zero-order valence-corrected chi connectivity index (χ0v) is 30.2. The molecule has 11 rings (SSSR count). The molecule has 0 amide bonds. The third-order valence-electron chi connectivity index (χ3n) is 10.7. The maximum absolute atomic E-state index is 6.83. The minimum absolute atomic E-state index is 0.558. The molecule has 0 unspecified atom stereocenters. The minimum atomic E-state index is 0.558. The molecule has 0 aliphatic rings. The Morgan fingerprint density at radius 3 is 1.61 bits per heavy atom. The average molecular weight is 717 g/mol. The smallest absolute Gasteiger partial charge is 0.167 e. The van der Waals surface area contributed by atoms with Crippen LogP contribution in [0.5, 0.6) is 0 Å². The molecule has 0 aliphatic heterocycles. The summed E-state index contributed by atoms with van der Waals surface area (Å²) in [6, 6.07) is 67.5. The Morgan fingerprint density at radius 1 is 0.339 bits per heavy atom. The Kier molecular flexibility index (Phi) is 7.42. The van der Waals surface area contributed by atoms with Crippen molar-refractivity contribution in [2.75, 3.05) is 0 Å². The summed E-state index contributed by atoms with van der Waals surface area (Å²) in [5.74, 6) is 1.77. The molecule has 0 bridgehead atoms. The number of para-hydroxylation sites is 2. The summed E-state index contributed by atoms with van der Waals surface area (Å²) in [7, 11) is 0. The van der Waals surface area contributed by atoms with E-state index in [-0.39, 0.29) is 0 Å². The second-order valence-electron chi connectivity index (χ2n) is 14.0. The van der Waals surface area contributed by atoms with Crippen molar-refractivity contribution in [2.24, 2.45) is 0 Å². The van der Waals surface area contributed by atoms with E-state index in [1.54, 1.807) is 0 Å². The van der Waals surface area contributed by atoms with Crippen LogP contribution in [-0.2, 0) is 0 Å². The lowest BCUT2D eigenvalue weighted by molar-refractivity contribution is 0.670. The van der Waals surface area contributed by atoms with Gasteiger partial charge in [-0.3, -0.25) is 0 Å². The first kappa shape index (κ1) is 31.9. The second kappa shape index (κ2) is 13.0. The summed E-state index contributed by atoms with van der Waals surface area (Å²) in [6.45, 7) is 0. The van der Waals surface area contributed by atoms with Crippen molar-refractivity contribution in [1.29, 1.82) is 0 Å². The van der Waals surface area contributed by atoms with Crippen LogP contribution in [0.3, 0.4) is 0 Å². The van der Waals surface area contributed by atoms with Crippen LogP contribution < -0.4 is 0 Å². The molecular weight excluding hydrogens is 685 g/mol. The van der Waals surface area contributed by atoms with E-state index in [2.05, 4.69) is 156 Å². The highest BCUT2D eigenvalue weighted by Gasteiger charge is 2.20. The molecule has 0 saturated heterocycles.